The summed E-state index contributed by atoms with van der Waals surface area (Å²) in [5.74, 6) is 1.06. The van der Waals surface area contributed by atoms with E-state index >= 15 is 0 Å². The molecule has 1 aromatic carbocycles. The molecule has 0 bridgehead atoms. The van der Waals surface area contributed by atoms with E-state index in [4.69, 9.17) is 14.6 Å². The zero-order chi connectivity index (χ0) is 21.3. The first kappa shape index (κ1) is 19.1. The molecule has 7 nitrogen and oxygen atoms in total. The van der Waals surface area contributed by atoms with E-state index in [1.807, 2.05) is 36.9 Å². The molecule has 1 saturated carbocycles. The van der Waals surface area contributed by atoms with Crippen molar-refractivity contribution in [1.82, 2.24) is 24.9 Å². The lowest BCUT2D eigenvalue weighted by molar-refractivity contribution is 0.332. The summed E-state index contributed by atoms with van der Waals surface area (Å²) in [5, 5.41) is 9.07. The molecule has 0 unspecified atom stereocenters. The highest BCUT2D eigenvalue weighted by Gasteiger charge is 2.25. The molecular weight excluding hydrogens is 400 g/mol. The molecule has 0 spiro atoms. The van der Waals surface area contributed by atoms with Gasteiger partial charge in [0.25, 0.3) is 5.89 Å². The third-order valence-electron chi connectivity index (χ3n) is 6.47. The molecule has 0 atom stereocenters. The summed E-state index contributed by atoms with van der Waals surface area (Å²) in [6.07, 6.45) is 14.4. The van der Waals surface area contributed by atoms with Gasteiger partial charge in [-0.3, -0.25) is 14.7 Å². The normalized spacial score (nSPS) is 16.2. The van der Waals surface area contributed by atoms with E-state index in [1.54, 1.807) is 0 Å². The highest BCUT2D eigenvalue weighted by Crippen LogP contribution is 2.37. The van der Waals surface area contributed by atoms with Crippen molar-refractivity contribution in [2.45, 2.75) is 44.6 Å². The third-order valence-corrected chi connectivity index (χ3v) is 6.47. The number of aliphatic imine (C=N–C) groups is 1. The Labute approximate surface area is 186 Å². The maximum atomic E-state index is 5.75. The molecule has 1 aliphatic heterocycles. The second-order valence-corrected chi connectivity index (χ2v) is 8.50. The van der Waals surface area contributed by atoms with E-state index in [2.05, 4.69) is 38.0 Å². The van der Waals surface area contributed by atoms with Crippen LogP contribution in [0.1, 0.15) is 49.3 Å². The van der Waals surface area contributed by atoms with Crippen LogP contribution < -0.4 is 0 Å². The first-order valence-electron chi connectivity index (χ1n) is 11.3. The average molecular weight is 425 g/mol. The summed E-state index contributed by atoms with van der Waals surface area (Å²) in [7, 11) is 0. The van der Waals surface area contributed by atoms with Crippen LogP contribution in [0.2, 0.25) is 0 Å². The second-order valence-electron chi connectivity index (χ2n) is 8.50. The lowest BCUT2D eigenvalue weighted by Crippen LogP contribution is -2.15. The Bertz CT molecular complexity index is 1270. The maximum absolute atomic E-state index is 5.75. The number of rotatable bonds is 4. The van der Waals surface area contributed by atoms with Crippen LogP contribution in [0.3, 0.4) is 0 Å². The Morgan fingerprint density at radius 1 is 0.969 bits per heavy atom. The highest BCUT2D eigenvalue weighted by atomic mass is 16.5. The molecule has 1 fully saturated rings. The van der Waals surface area contributed by atoms with Gasteiger partial charge in [-0.15, -0.1) is 0 Å². The predicted octanol–water partition coefficient (Wildman–Crippen LogP) is 5.14. The zero-order valence-corrected chi connectivity index (χ0v) is 17.8. The van der Waals surface area contributed by atoms with Crippen molar-refractivity contribution in [1.29, 1.82) is 0 Å². The molecule has 6 rings (SSSR count). The summed E-state index contributed by atoms with van der Waals surface area (Å²) in [5.41, 5.74) is 6.30. The molecule has 0 radical (unpaired) electrons. The van der Waals surface area contributed by atoms with Crippen LogP contribution in [0.5, 0.6) is 0 Å². The van der Waals surface area contributed by atoms with Crippen molar-refractivity contribution >= 4 is 6.21 Å². The minimum Gasteiger partial charge on any atom is -0.333 e. The van der Waals surface area contributed by atoms with Crippen LogP contribution in [0.4, 0.5) is 0 Å². The van der Waals surface area contributed by atoms with Crippen LogP contribution in [0.25, 0.3) is 34.1 Å². The number of aromatic nitrogens is 5. The molecule has 7 heteroatoms. The number of hydrogen-bond acceptors (Lipinski definition) is 6. The highest BCUT2D eigenvalue weighted by molar-refractivity contribution is 5.85. The van der Waals surface area contributed by atoms with Crippen molar-refractivity contribution in [2.24, 2.45) is 4.99 Å². The van der Waals surface area contributed by atoms with E-state index in [9.17, 15) is 0 Å². The summed E-state index contributed by atoms with van der Waals surface area (Å²) < 4.78 is 7.90. The number of pyridine rings is 1. The van der Waals surface area contributed by atoms with Gasteiger partial charge in [-0.1, -0.05) is 36.6 Å². The molecular formula is C25H24N6O. The fourth-order valence-corrected chi connectivity index (χ4v) is 4.80. The Hall–Kier alpha value is -3.61. The van der Waals surface area contributed by atoms with Crippen molar-refractivity contribution < 1.29 is 4.52 Å². The molecule has 4 heterocycles. The summed E-state index contributed by atoms with van der Waals surface area (Å²) >= 11 is 0. The van der Waals surface area contributed by atoms with Gasteiger partial charge >= 0.3 is 0 Å². The van der Waals surface area contributed by atoms with Gasteiger partial charge in [0, 0.05) is 36.3 Å². The first-order chi connectivity index (χ1) is 15.9. The van der Waals surface area contributed by atoms with Gasteiger partial charge in [0.15, 0.2) is 0 Å². The number of benzene rings is 1. The quantitative estimate of drug-likeness (QED) is 0.453. The molecule has 0 N–H and O–H groups in total. The van der Waals surface area contributed by atoms with Gasteiger partial charge in [0.05, 0.1) is 23.5 Å². The minimum absolute atomic E-state index is 0.392. The average Bonchev–Trinajstić information content (AvgIpc) is 3.52. The molecule has 2 aliphatic rings. The molecule has 4 aromatic rings. The van der Waals surface area contributed by atoms with Crippen molar-refractivity contribution in [3.63, 3.8) is 0 Å². The maximum Gasteiger partial charge on any atom is 0.262 e. The van der Waals surface area contributed by atoms with Gasteiger partial charge in [-0.2, -0.15) is 10.1 Å². The van der Waals surface area contributed by atoms with Gasteiger partial charge in [-0.05, 0) is 48.6 Å². The smallest absolute Gasteiger partial charge is 0.262 e. The van der Waals surface area contributed by atoms with Gasteiger partial charge in [0.1, 0.15) is 0 Å². The Morgan fingerprint density at radius 2 is 1.84 bits per heavy atom. The fourth-order valence-electron chi connectivity index (χ4n) is 4.80. The van der Waals surface area contributed by atoms with Crippen molar-refractivity contribution in [2.75, 3.05) is 6.54 Å². The van der Waals surface area contributed by atoms with Crippen LogP contribution in [0.15, 0.2) is 58.4 Å². The van der Waals surface area contributed by atoms with Gasteiger partial charge < -0.3 is 4.52 Å². The predicted molar refractivity (Wildman–Crippen MR) is 122 cm³/mol. The van der Waals surface area contributed by atoms with Crippen molar-refractivity contribution in [3.05, 3.63) is 60.0 Å². The number of fused-ring (bicyclic) bond motifs is 1. The summed E-state index contributed by atoms with van der Waals surface area (Å²) in [6.45, 7) is 0.849. The lowest BCUT2D eigenvalue weighted by atomic mass is 9.95. The van der Waals surface area contributed by atoms with E-state index in [0.717, 1.165) is 53.8 Å². The standard InChI is InChI=1S/C25H24N6O/c1-2-4-21(5-3-1)31-23(18-9-11-26-12-10-18)22(16-28-31)25-29-24(30-32-25)19-7-6-17-8-13-27-15-20(17)14-19/h6-7,9-12,14-16,21H,1-5,8,13H2. The number of nitrogens with zero attached hydrogens (tertiary/aromatic N) is 6. The SMILES string of the molecule is C1=NCCc2ccc(-c3noc(-c4cnn(C5CCCCC5)c4-c4ccncc4)n3)cc21. The van der Waals surface area contributed by atoms with Crippen LogP contribution in [-0.2, 0) is 6.42 Å². The Kier molecular flexibility index (Phi) is 4.86. The fraction of sp³-hybridized carbons (Fsp3) is 0.320. The second kappa shape index (κ2) is 8.15. The molecule has 160 valence electrons. The third kappa shape index (κ3) is 3.43. The summed E-state index contributed by atoms with van der Waals surface area (Å²) in [6, 6.07) is 10.7. The van der Waals surface area contributed by atoms with Crippen LogP contribution in [0, 0.1) is 0 Å². The van der Waals surface area contributed by atoms with Gasteiger partial charge in [-0.25, -0.2) is 0 Å². The van der Waals surface area contributed by atoms with E-state index in [0.29, 0.717) is 17.8 Å². The Balaban J connectivity index is 1.41. The van der Waals surface area contributed by atoms with Gasteiger partial charge in [0.2, 0.25) is 5.82 Å². The van der Waals surface area contributed by atoms with Crippen LogP contribution >= 0.6 is 0 Å². The zero-order valence-electron chi connectivity index (χ0n) is 17.8. The molecule has 0 saturated heterocycles. The lowest BCUT2D eigenvalue weighted by Gasteiger charge is -2.24. The largest absolute Gasteiger partial charge is 0.333 e. The molecule has 32 heavy (non-hydrogen) atoms. The minimum atomic E-state index is 0.392. The first-order valence-corrected chi connectivity index (χ1v) is 11.3. The molecule has 1 aliphatic carbocycles. The topological polar surface area (TPSA) is 82.0 Å². The number of hydrogen-bond donors (Lipinski definition) is 0. The van der Waals surface area contributed by atoms with Crippen LogP contribution in [-0.4, -0.2) is 37.7 Å². The Morgan fingerprint density at radius 3 is 2.72 bits per heavy atom. The van der Waals surface area contributed by atoms with Crippen molar-refractivity contribution in [3.8, 4) is 34.1 Å². The summed E-state index contributed by atoms with van der Waals surface area (Å²) in [4.78, 5) is 13.3. The van der Waals surface area contributed by atoms with E-state index in [1.165, 1.54) is 24.8 Å². The monoisotopic (exact) mass is 424 g/mol. The molecule has 0 amide bonds. The van der Waals surface area contributed by atoms with E-state index < -0.39 is 0 Å². The molecule has 3 aromatic heterocycles. The van der Waals surface area contributed by atoms with E-state index in [-0.39, 0.29) is 0 Å².